The minimum Gasteiger partial charge on any atom is -0.496 e. The Kier molecular flexibility index (Phi) is 6.32. The van der Waals surface area contributed by atoms with Crippen molar-refractivity contribution >= 4 is 28.9 Å². The van der Waals surface area contributed by atoms with Crippen molar-refractivity contribution < 1.29 is 24.0 Å². The van der Waals surface area contributed by atoms with Gasteiger partial charge in [-0.05, 0) is 36.8 Å². The molecule has 0 atom stereocenters. The van der Waals surface area contributed by atoms with Gasteiger partial charge in [0, 0.05) is 5.69 Å². The third-order valence-corrected chi connectivity index (χ3v) is 3.77. The van der Waals surface area contributed by atoms with Crippen molar-refractivity contribution in [2.75, 3.05) is 31.4 Å². The summed E-state index contributed by atoms with van der Waals surface area (Å²) in [5.41, 5.74) is 1.54. The molecule has 0 aliphatic carbocycles. The molecule has 0 unspecified atom stereocenters. The largest absolute Gasteiger partial charge is 0.496 e. The Hall–Kier alpha value is -3.62. The lowest BCUT2D eigenvalue weighted by atomic mass is 10.1. The van der Waals surface area contributed by atoms with E-state index in [2.05, 4.69) is 15.4 Å². The highest BCUT2D eigenvalue weighted by Crippen LogP contribution is 2.28. The number of carbonyl (C=O) groups excluding carboxylic acids is 2. The second-order valence-electron chi connectivity index (χ2n) is 5.56. The van der Waals surface area contributed by atoms with Gasteiger partial charge in [0.15, 0.2) is 0 Å². The van der Waals surface area contributed by atoms with E-state index in [0.717, 1.165) is 5.56 Å². The fraction of sp³-hybridized carbons (Fsp3) is 0.222. The van der Waals surface area contributed by atoms with E-state index in [1.807, 2.05) is 6.92 Å². The van der Waals surface area contributed by atoms with Gasteiger partial charge in [-0.2, -0.15) is 0 Å². The lowest BCUT2D eigenvalue weighted by molar-refractivity contribution is -0.384. The summed E-state index contributed by atoms with van der Waals surface area (Å²) in [6.07, 6.45) is 0. The smallest absolute Gasteiger partial charge is 0.337 e. The summed E-state index contributed by atoms with van der Waals surface area (Å²) >= 11 is 0. The van der Waals surface area contributed by atoms with E-state index in [0.29, 0.717) is 17.0 Å². The third kappa shape index (κ3) is 4.94. The first-order chi connectivity index (χ1) is 12.8. The zero-order valence-electron chi connectivity index (χ0n) is 15.1. The van der Waals surface area contributed by atoms with Crippen LogP contribution in [0.2, 0.25) is 0 Å². The lowest BCUT2D eigenvalue weighted by Gasteiger charge is -2.12. The Morgan fingerprint density at radius 1 is 1.11 bits per heavy atom. The Balaban J connectivity index is 2.09. The molecule has 0 saturated carbocycles. The van der Waals surface area contributed by atoms with Crippen LogP contribution in [0.1, 0.15) is 15.9 Å². The molecule has 0 radical (unpaired) electrons. The average molecular weight is 373 g/mol. The van der Waals surface area contributed by atoms with Crippen molar-refractivity contribution in [3.63, 3.8) is 0 Å². The molecule has 2 aromatic carbocycles. The van der Waals surface area contributed by atoms with Gasteiger partial charge in [0.25, 0.3) is 5.69 Å². The number of methoxy groups -OCH3 is 2. The Labute approximate surface area is 155 Å². The molecule has 2 rings (SSSR count). The van der Waals surface area contributed by atoms with Crippen LogP contribution in [-0.2, 0) is 9.53 Å². The van der Waals surface area contributed by atoms with Crippen molar-refractivity contribution in [1.29, 1.82) is 0 Å². The van der Waals surface area contributed by atoms with E-state index in [4.69, 9.17) is 4.74 Å². The summed E-state index contributed by atoms with van der Waals surface area (Å²) in [4.78, 5) is 34.4. The zero-order chi connectivity index (χ0) is 20.0. The number of carbonyl (C=O) groups is 2. The molecule has 9 nitrogen and oxygen atoms in total. The van der Waals surface area contributed by atoms with E-state index in [1.165, 1.54) is 32.4 Å². The Morgan fingerprint density at radius 3 is 2.48 bits per heavy atom. The Bertz CT molecular complexity index is 881. The molecule has 2 aromatic rings. The predicted octanol–water partition coefficient (Wildman–Crippen LogP) is 2.75. The molecule has 0 aromatic heterocycles. The molecule has 0 spiro atoms. The molecule has 9 heteroatoms. The van der Waals surface area contributed by atoms with Crippen molar-refractivity contribution in [3.05, 3.63) is 57.6 Å². The van der Waals surface area contributed by atoms with Crippen LogP contribution in [0.4, 0.5) is 17.1 Å². The average Bonchev–Trinajstić information content (AvgIpc) is 2.66. The highest BCUT2D eigenvalue weighted by Gasteiger charge is 2.17. The maximum atomic E-state index is 12.2. The van der Waals surface area contributed by atoms with Crippen molar-refractivity contribution in [2.45, 2.75) is 6.92 Å². The molecule has 0 aliphatic rings. The normalized spacial score (nSPS) is 10.0. The van der Waals surface area contributed by atoms with Crippen molar-refractivity contribution in [3.8, 4) is 5.75 Å². The van der Waals surface area contributed by atoms with Gasteiger partial charge >= 0.3 is 5.97 Å². The molecule has 27 heavy (non-hydrogen) atoms. The summed E-state index contributed by atoms with van der Waals surface area (Å²) < 4.78 is 9.63. The van der Waals surface area contributed by atoms with Gasteiger partial charge in [-0.15, -0.1) is 0 Å². The van der Waals surface area contributed by atoms with Crippen LogP contribution >= 0.6 is 0 Å². The second-order valence-corrected chi connectivity index (χ2v) is 5.56. The van der Waals surface area contributed by atoms with Crippen LogP contribution in [0.3, 0.4) is 0 Å². The predicted molar refractivity (Wildman–Crippen MR) is 99.3 cm³/mol. The summed E-state index contributed by atoms with van der Waals surface area (Å²) in [5.74, 6) is -0.657. The van der Waals surface area contributed by atoms with E-state index in [9.17, 15) is 19.7 Å². The van der Waals surface area contributed by atoms with Gasteiger partial charge in [0.2, 0.25) is 5.91 Å². The summed E-state index contributed by atoms with van der Waals surface area (Å²) in [5, 5.41) is 16.6. The van der Waals surface area contributed by atoms with E-state index in [1.54, 1.807) is 18.2 Å². The van der Waals surface area contributed by atoms with Gasteiger partial charge < -0.3 is 20.1 Å². The molecule has 142 valence electrons. The molecule has 0 bridgehead atoms. The number of hydrogen-bond acceptors (Lipinski definition) is 7. The second kappa shape index (κ2) is 8.65. The lowest BCUT2D eigenvalue weighted by Crippen LogP contribution is -2.22. The van der Waals surface area contributed by atoms with Crippen LogP contribution in [0.15, 0.2) is 36.4 Å². The molecule has 0 fully saturated rings. The first-order valence-electron chi connectivity index (χ1n) is 7.90. The number of nitro groups is 1. The van der Waals surface area contributed by atoms with E-state index >= 15 is 0 Å². The standard InChI is InChI=1S/C18H19N3O6/c1-11-4-5-12(18(23)27-3)8-15(11)19-10-17(22)20-14-7-6-13(26-2)9-16(14)21(24)25/h4-9,19H,10H2,1-3H3,(H,20,22). The van der Waals surface area contributed by atoms with Crippen molar-refractivity contribution in [1.82, 2.24) is 0 Å². The zero-order valence-corrected chi connectivity index (χ0v) is 15.1. The molecule has 0 saturated heterocycles. The number of benzene rings is 2. The molecule has 1 amide bonds. The van der Waals surface area contributed by atoms with E-state index in [-0.39, 0.29) is 17.9 Å². The number of hydrogen-bond donors (Lipinski definition) is 2. The number of nitro benzene ring substituents is 1. The number of nitrogens with zero attached hydrogens (tertiary/aromatic N) is 1. The monoisotopic (exact) mass is 373 g/mol. The minimum atomic E-state index is -0.602. The van der Waals surface area contributed by atoms with Crippen LogP contribution in [0, 0.1) is 17.0 Å². The van der Waals surface area contributed by atoms with Crippen molar-refractivity contribution in [2.24, 2.45) is 0 Å². The first kappa shape index (κ1) is 19.7. The number of anilines is 2. The highest BCUT2D eigenvalue weighted by molar-refractivity contribution is 5.96. The highest BCUT2D eigenvalue weighted by atomic mass is 16.6. The molecule has 0 aliphatic heterocycles. The molecule has 2 N–H and O–H groups in total. The summed E-state index contributed by atoms with van der Waals surface area (Å²) in [6.45, 7) is 1.67. The third-order valence-electron chi connectivity index (χ3n) is 3.77. The van der Waals surface area contributed by atoms with Gasteiger partial charge in [0.05, 0.1) is 37.3 Å². The van der Waals surface area contributed by atoms with Gasteiger partial charge in [-0.3, -0.25) is 14.9 Å². The van der Waals surface area contributed by atoms with Gasteiger partial charge in [-0.1, -0.05) is 6.07 Å². The van der Waals surface area contributed by atoms with Crippen LogP contribution in [0.25, 0.3) is 0 Å². The van der Waals surface area contributed by atoms with E-state index < -0.39 is 16.8 Å². The quantitative estimate of drug-likeness (QED) is 0.435. The van der Waals surface area contributed by atoms with Crippen LogP contribution < -0.4 is 15.4 Å². The maximum Gasteiger partial charge on any atom is 0.337 e. The number of aryl methyl sites for hydroxylation is 1. The summed E-state index contributed by atoms with van der Waals surface area (Å²) in [7, 11) is 2.68. The number of rotatable bonds is 7. The van der Waals surface area contributed by atoms with Gasteiger partial charge in [0.1, 0.15) is 11.4 Å². The minimum absolute atomic E-state index is 0.0626. The van der Waals surface area contributed by atoms with Crippen LogP contribution in [-0.4, -0.2) is 37.6 Å². The SMILES string of the molecule is COC(=O)c1ccc(C)c(NCC(=O)Nc2ccc(OC)cc2[N+](=O)[O-])c1. The Morgan fingerprint density at radius 2 is 1.85 bits per heavy atom. The fourth-order valence-electron chi connectivity index (χ4n) is 2.32. The topological polar surface area (TPSA) is 120 Å². The number of nitrogens with one attached hydrogen (secondary N) is 2. The maximum absolute atomic E-state index is 12.2. The van der Waals surface area contributed by atoms with Crippen LogP contribution in [0.5, 0.6) is 5.75 Å². The fourth-order valence-corrected chi connectivity index (χ4v) is 2.32. The first-order valence-corrected chi connectivity index (χ1v) is 7.90. The molecular weight excluding hydrogens is 354 g/mol. The molecule has 0 heterocycles. The molecular formula is C18H19N3O6. The van der Waals surface area contributed by atoms with Gasteiger partial charge in [-0.25, -0.2) is 4.79 Å². The number of esters is 1. The number of ether oxygens (including phenoxy) is 2. The number of amides is 1. The summed E-state index contributed by atoms with van der Waals surface area (Å²) in [6, 6.07) is 9.06.